The Labute approximate surface area is 203 Å². The number of aryl methyl sites for hydroxylation is 2. The van der Waals surface area contributed by atoms with Crippen molar-refractivity contribution in [2.75, 3.05) is 51.3 Å². The SMILES string of the molecule is C=C(CCc1ccc(C)cc1)S/C(=N\C)C1CCN(c2ccc(CN3CCOCC3)cc2)C1. The molecule has 2 aromatic carbocycles. The number of ether oxygens (including phenoxy) is 1. The number of hydrogen-bond donors (Lipinski definition) is 0. The summed E-state index contributed by atoms with van der Waals surface area (Å²) in [4.78, 5) is 10.8. The Kier molecular flexibility index (Phi) is 8.65. The van der Waals surface area contributed by atoms with Crippen LogP contribution in [0.15, 0.2) is 65.0 Å². The maximum atomic E-state index is 5.46. The number of allylic oxidation sites excluding steroid dienone is 1. The number of rotatable bonds is 8. The summed E-state index contributed by atoms with van der Waals surface area (Å²) in [5.74, 6) is 0.490. The minimum atomic E-state index is 0.490. The monoisotopic (exact) mass is 463 g/mol. The summed E-state index contributed by atoms with van der Waals surface area (Å²) >= 11 is 1.80. The van der Waals surface area contributed by atoms with Gasteiger partial charge in [-0.2, -0.15) is 0 Å². The minimum Gasteiger partial charge on any atom is -0.379 e. The van der Waals surface area contributed by atoms with Crippen molar-refractivity contribution in [1.29, 1.82) is 0 Å². The molecule has 4 rings (SSSR count). The van der Waals surface area contributed by atoms with Gasteiger partial charge in [0.25, 0.3) is 0 Å². The maximum Gasteiger partial charge on any atom is 0.0766 e. The number of anilines is 1. The average molecular weight is 464 g/mol. The third-order valence-electron chi connectivity index (χ3n) is 6.63. The van der Waals surface area contributed by atoms with Crippen molar-refractivity contribution in [2.45, 2.75) is 32.7 Å². The molecule has 0 N–H and O–H groups in total. The van der Waals surface area contributed by atoms with E-state index in [0.29, 0.717) is 5.92 Å². The Morgan fingerprint density at radius 2 is 1.73 bits per heavy atom. The number of benzene rings is 2. The van der Waals surface area contributed by atoms with E-state index in [0.717, 1.165) is 65.2 Å². The Bertz CT molecular complexity index is 933. The van der Waals surface area contributed by atoms with Gasteiger partial charge in [-0.1, -0.05) is 60.3 Å². The van der Waals surface area contributed by atoms with Crippen LogP contribution in [0, 0.1) is 12.8 Å². The van der Waals surface area contributed by atoms with Crippen LogP contribution >= 0.6 is 11.8 Å². The third kappa shape index (κ3) is 6.95. The Hall–Kier alpha value is -2.08. The van der Waals surface area contributed by atoms with Crippen LogP contribution in [-0.4, -0.2) is 56.4 Å². The molecule has 2 aromatic rings. The van der Waals surface area contributed by atoms with Crippen molar-refractivity contribution in [3.8, 4) is 0 Å². The van der Waals surface area contributed by atoms with Gasteiger partial charge in [-0.15, -0.1) is 0 Å². The van der Waals surface area contributed by atoms with E-state index in [2.05, 4.69) is 76.8 Å². The van der Waals surface area contributed by atoms with E-state index >= 15 is 0 Å². The minimum absolute atomic E-state index is 0.490. The standard InChI is InChI=1S/C28H37N3OS/c1-22-4-7-24(8-5-22)9-6-23(2)33-28(29-3)26-14-15-31(21-26)27-12-10-25(11-13-27)20-30-16-18-32-19-17-30/h4-5,7-8,10-13,26H,2,6,9,14-21H2,1,3H3/b29-28-. The zero-order valence-electron chi connectivity index (χ0n) is 20.1. The number of hydrogen-bond acceptors (Lipinski definition) is 5. The van der Waals surface area contributed by atoms with E-state index in [1.807, 2.05) is 7.05 Å². The van der Waals surface area contributed by atoms with Crippen molar-refractivity contribution >= 4 is 22.5 Å². The van der Waals surface area contributed by atoms with Gasteiger partial charge in [-0.25, -0.2) is 0 Å². The third-order valence-corrected chi connectivity index (χ3v) is 7.85. The summed E-state index contributed by atoms with van der Waals surface area (Å²) in [5.41, 5.74) is 5.39. The van der Waals surface area contributed by atoms with Crippen molar-refractivity contribution in [3.05, 3.63) is 76.7 Å². The van der Waals surface area contributed by atoms with E-state index < -0.39 is 0 Å². The van der Waals surface area contributed by atoms with Gasteiger partial charge in [0, 0.05) is 51.4 Å². The first-order valence-corrected chi connectivity index (χ1v) is 12.9. The maximum absolute atomic E-state index is 5.46. The van der Waals surface area contributed by atoms with Crippen LogP contribution in [0.1, 0.15) is 29.5 Å². The van der Waals surface area contributed by atoms with Crippen LogP contribution in [0.3, 0.4) is 0 Å². The van der Waals surface area contributed by atoms with Crippen LogP contribution in [0.2, 0.25) is 0 Å². The second kappa shape index (κ2) is 11.9. The van der Waals surface area contributed by atoms with Gasteiger partial charge < -0.3 is 9.64 Å². The molecule has 0 amide bonds. The molecule has 1 unspecified atom stereocenters. The molecule has 176 valence electrons. The van der Waals surface area contributed by atoms with Crippen LogP contribution in [0.5, 0.6) is 0 Å². The van der Waals surface area contributed by atoms with Crippen molar-refractivity contribution in [3.63, 3.8) is 0 Å². The summed E-state index contributed by atoms with van der Waals surface area (Å²) in [6.07, 6.45) is 3.19. The average Bonchev–Trinajstić information content (AvgIpc) is 3.33. The zero-order valence-corrected chi connectivity index (χ0v) is 20.9. The fourth-order valence-electron chi connectivity index (χ4n) is 4.57. The van der Waals surface area contributed by atoms with Gasteiger partial charge in [-0.05, 0) is 54.4 Å². The Morgan fingerprint density at radius 3 is 2.42 bits per heavy atom. The second-order valence-electron chi connectivity index (χ2n) is 9.17. The first-order valence-electron chi connectivity index (χ1n) is 12.1. The smallest absolute Gasteiger partial charge is 0.0766 e. The predicted molar refractivity (Wildman–Crippen MR) is 142 cm³/mol. The number of nitrogens with zero attached hydrogens (tertiary/aromatic N) is 3. The van der Waals surface area contributed by atoms with Crippen molar-refractivity contribution in [2.24, 2.45) is 10.9 Å². The van der Waals surface area contributed by atoms with Crippen LogP contribution in [-0.2, 0) is 17.7 Å². The number of aliphatic imine (C=N–C) groups is 1. The number of thioether (sulfide) groups is 1. The molecule has 1 atom stereocenters. The molecule has 4 nitrogen and oxygen atoms in total. The number of morpholine rings is 1. The van der Waals surface area contributed by atoms with Gasteiger partial charge in [0.15, 0.2) is 0 Å². The van der Waals surface area contributed by atoms with Gasteiger partial charge in [0.05, 0.1) is 18.3 Å². The summed E-state index contributed by atoms with van der Waals surface area (Å²) in [6, 6.07) is 18.0. The van der Waals surface area contributed by atoms with Gasteiger partial charge in [0.1, 0.15) is 0 Å². The molecule has 33 heavy (non-hydrogen) atoms. The van der Waals surface area contributed by atoms with E-state index in [1.54, 1.807) is 11.8 Å². The lowest BCUT2D eigenvalue weighted by Crippen LogP contribution is -2.35. The lowest BCUT2D eigenvalue weighted by atomic mass is 10.1. The molecule has 2 fully saturated rings. The largest absolute Gasteiger partial charge is 0.379 e. The molecular weight excluding hydrogens is 426 g/mol. The fraction of sp³-hybridized carbons (Fsp3) is 0.464. The molecule has 2 aliphatic rings. The van der Waals surface area contributed by atoms with Crippen LogP contribution in [0.4, 0.5) is 5.69 Å². The summed E-state index contributed by atoms with van der Waals surface area (Å²) in [5, 5.41) is 1.23. The first kappa shape index (κ1) is 24.1. The Balaban J connectivity index is 1.26. The predicted octanol–water partition coefficient (Wildman–Crippen LogP) is 5.56. The molecule has 2 heterocycles. The quantitative estimate of drug-likeness (QED) is 0.378. The molecule has 2 aliphatic heterocycles. The topological polar surface area (TPSA) is 28.1 Å². The second-order valence-corrected chi connectivity index (χ2v) is 10.4. The zero-order chi connectivity index (χ0) is 23.0. The first-order chi connectivity index (χ1) is 16.1. The molecule has 0 aromatic heterocycles. The summed E-state index contributed by atoms with van der Waals surface area (Å²) in [7, 11) is 1.93. The normalized spacial score (nSPS) is 19.8. The van der Waals surface area contributed by atoms with Crippen molar-refractivity contribution < 1.29 is 4.74 Å². The van der Waals surface area contributed by atoms with Crippen molar-refractivity contribution in [1.82, 2.24) is 4.90 Å². The molecule has 0 aliphatic carbocycles. The van der Waals surface area contributed by atoms with Crippen LogP contribution in [0.25, 0.3) is 0 Å². The highest BCUT2D eigenvalue weighted by molar-refractivity contribution is 8.17. The van der Waals surface area contributed by atoms with E-state index in [-0.39, 0.29) is 0 Å². The van der Waals surface area contributed by atoms with Crippen LogP contribution < -0.4 is 4.90 Å². The molecule has 5 heteroatoms. The van der Waals surface area contributed by atoms with E-state index in [9.17, 15) is 0 Å². The molecular formula is C28H37N3OS. The molecule has 0 spiro atoms. The van der Waals surface area contributed by atoms with Gasteiger partial charge in [0.2, 0.25) is 0 Å². The molecule has 0 radical (unpaired) electrons. The Morgan fingerprint density at radius 1 is 1.03 bits per heavy atom. The fourth-order valence-corrected chi connectivity index (χ4v) is 5.53. The lowest BCUT2D eigenvalue weighted by Gasteiger charge is -2.27. The molecule has 0 saturated carbocycles. The van der Waals surface area contributed by atoms with E-state index in [4.69, 9.17) is 4.74 Å². The van der Waals surface area contributed by atoms with E-state index in [1.165, 1.54) is 32.3 Å². The lowest BCUT2D eigenvalue weighted by molar-refractivity contribution is 0.0342. The van der Waals surface area contributed by atoms with Gasteiger partial charge in [-0.3, -0.25) is 9.89 Å². The summed E-state index contributed by atoms with van der Waals surface area (Å²) < 4.78 is 5.46. The van der Waals surface area contributed by atoms with Gasteiger partial charge >= 0.3 is 0 Å². The highest BCUT2D eigenvalue weighted by Gasteiger charge is 2.27. The highest BCUT2D eigenvalue weighted by atomic mass is 32.2. The summed E-state index contributed by atoms with van der Waals surface area (Å²) in [6.45, 7) is 13.4. The highest BCUT2D eigenvalue weighted by Crippen LogP contribution is 2.32. The molecule has 2 saturated heterocycles. The molecule has 0 bridgehead atoms.